The smallest absolute Gasteiger partial charge is 0.262 e. The van der Waals surface area contributed by atoms with Gasteiger partial charge in [-0.05, 0) is 66.9 Å². The maximum absolute atomic E-state index is 13.3. The summed E-state index contributed by atoms with van der Waals surface area (Å²) >= 11 is 0. The first-order chi connectivity index (χ1) is 16.6. The fraction of sp³-hybridized carbons (Fsp3) is 0.269. The van der Waals surface area contributed by atoms with Gasteiger partial charge >= 0.3 is 0 Å². The summed E-state index contributed by atoms with van der Waals surface area (Å²) in [6.45, 7) is -0.00960. The van der Waals surface area contributed by atoms with E-state index >= 15 is 0 Å². The van der Waals surface area contributed by atoms with Crippen molar-refractivity contribution in [2.24, 2.45) is 5.10 Å². The maximum atomic E-state index is 13.3. The SMILES string of the molecule is COc1ccc(C2=NN(C(=O)CNc3ccccc3C(=O)NC3CC3)[C@@H](c3ccco3)C2)cc1. The number of para-hydroxylation sites is 1. The van der Waals surface area contributed by atoms with Crippen molar-refractivity contribution >= 4 is 23.2 Å². The van der Waals surface area contributed by atoms with E-state index in [4.69, 9.17) is 9.15 Å². The summed E-state index contributed by atoms with van der Waals surface area (Å²) in [6, 6.07) is 18.4. The van der Waals surface area contributed by atoms with Crippen LogP contribution in [0.15, 0.2) is 76.4 Å². The quantitative estimate of drug-likeness (QED) is 0.533. The summed E-state index contributed by atoms with van der Waals surface area (Å²) in [5.41, 5.74) is 2.85. The van der Waals surface area contributed by atoms with Gasteiger partial charge in [-0.25, -0.2) is 5.01 Å². The Bertz CT molecular complexity index is 1200. The lowest BCUT2D eigenvalue weighted by molar-refractivity contribution is -0.131. The number of nitrogens with one attached hydrogen (secondary N) is 2. The van der Waals surface area contributed by atoms with Crippen LogP contribution in [0.1, 0.15) is 47.0 Å². The van der Waals surface area contributed by atoms with Gasteiger partial charge in [0.05, 0.1) is 31.2 Å². The molecule has 0 spiro atoms. The van der Waals surface area contributed by atoms with Crippen LogP contribution in [0, 0.1) is 0 Å². The second-order valence-electron chi connectivity index (χ2n) is 8.40. The highest BCUT2D eigenvalue weighted by atomic mass is 16.5. The molecular weight excluding hydrogens is 432 g/mol. The van der Waals surface area contributed by atoms with Gasteiger partial charge in [-0.15, -0.1) is 0 Å². The van der Waals surface area contributed by atoms with Gasteiger partial charge in [0.2, 0.25) is 0 Å². The zero-order valence-corrected chi connectivity index (χ0v) is 18.9. The molecule has 8 nitrogen and oxygen atoms in total. The molecule has 1 aliphatic heterocycles. The lowest BCUT2D eigenvalue weighted by atomic mass is 10.0. The molecule has 2 amide bonds. The van der Waals surface area contributed by atoms with Crippen LogP contribution < -0.4 is 15.4 Å². The number of hydrogen-bond acceptors (Lipinski definition) is 6. The van der Waals surface area contributed by atoms with Crippen LogP contribution in [0.5, 0.6) is 5.75 Å². The number of hydrazone groups is 1. The molecule has 1 aliphatic carbocycles. The Kier molecular flexibility index (Phi) is 6.03. The average molecular weight is 459 g/mol. The molecule has 2 aromatic carbocycles. The average Bonchev–Trinajstić information content (AvgIpc) is 3.33. The zero-order valence-electron chi connectivity index (χ0n) is 18.9. The summed E-state index contributed by atoms with van der Waals surface area (Å²) < 4.78 is 10.9. The van der Waals surface area contributed by atoms with Crippen LogP contribution in [0.2, 0.25) is 0 Å². The standard InChI is InChI=1S/C26H26N4O4/c1-33-19-12-8-17(9-13-19)22-15-23(24-7-4-14-34-24)30(29-22)25(31)16-27-21-6-3-2-5-20(21)26(32)28-18-10-11-18/h2-9,12-14,18,23,27H,10-11,15-16H2,1H3,(H,28,32)/t23-/m1/s1. The van der Waals surface area contributed by atoms with Crippen LogP contribution >= 0.6 is 0 Å². The third-order valence-corrected chi connectivity index (χ3v) is 5.98. The lowest BCUT2D eigenvalue weighted by Gasteiger charge is -2.20. The van der Waals surface area contributed by atoms with E-state index < -0.39 is 0 Å². The minimum atomic E-state index is -0.338. The summed E-state index contributed by atoms with van der Waals surface area (Å²) in [4.78, 5) is 25.8. The molecule has 1 fully saturated rings. The van der Waals surface area contributed by atoms with Crippen LogP contribution in [-0.2, 0) is 4.79 Å². The van der Waals surface area contributed by atoms with Crippen molar-refractivity contribution in [2.75, 3.05) is 19.0 Å². The number of methoxy groups -OCH3 is 1. The number of hydrogen-bond donors (Lipinski definition) is 2. The highest BCUT2D eigenvalue weighted by Gasteiger charge is 2.35. The second kappa shape index (κ2) is 9.43. The molecular formula is C26H26N4O4. The third kappa shape index (κ3) is 4.66. The fourth-order valence-corrected chi connectivity index (χ4v) is 3.98. The van der Waals surface area contributed by atoms with Crippen molar-refractivity contribution in [1.82, 2.24) is 10.3 Å². The molecule has 0 saturated heterocycles. The molecule has 2 aliphatic rings. The molecule has 1 atom stereocenters. The van der Waals surface area contributed by atoms with Crippen molar-refractivity contribution in [1.29, 1.82) is 0 Å². The minimum absolute atomic E-state index is 0.00960. The largest absolute Gasteiger partial charge is 0.497 e. The van der Waals surface area contributed by atoms with E-state index in [2.05, 4.69) is 15.7 Å². The van der Waals surface area contributed by atoms with Gasteiger partial charge in [0.15, 0.2) is 0 Å². The molecule has 34 heavy (non-hydrogen) atoms. The van der Waals surface area contributed by atoms with Crippen LogP contribution in [-0.4, -0.2) is 42.2 Å². The van der Waals surface area contributed by atoms with E-state index in [1.54, 1.807) is 31.6 Å². The van der Waals surface area contributed by atoms with Crippen molar-refractivity contribution < 1.29 is 18.7 Å². The molecule has 8 heteroatoms. The number of benzene rings is 2. The van der Waals surface area contributed by atoms with Crippen LogP contribution in [0.25, 0.3) is 0 Å². The summed E-state index contributed by atoms with van der Waals surface area (Å²) in [6.07, 6.45) is 4.15. The van der Waals surface area contributed by atoms with Crippen molar-refractivity contribution in [3.63, 3.8) is 0 Å². The van der Waals surface area contributed by atoms with E-state index in [1.807, 2.05) is 42.5 Å². The maximum Gasteiger partial charge on any atom is 0.262 e. The number of furan rings is 1. The van der Waals surface area contributed by atoms with Gasteiger partial charge in [0, 0.05) is 18.2 Å². The summed E-state index contributed by atoms with van der Waals surface area (Å²) in [7, 11) is 1.62. The Labute approximate surface area is 197 Å². The molecule has 1 saturated carbocycles. The Hall–Kier alpha value is -4.07. The first-order valence-electron chi connectivity index (χ1n) is 11.3. The van der Waals surface area contributed by atoms with Crippen LogP contribution in [0.4, 0.5) is 5.69 Å². The molecule has 5 rings (SSSR count). The Balaban J connectivity index is 1.33. The van der Waals surface area contributed by atoms with Gasteiger partial charge in [-0.3, -0.25) is 9.59 Å². The van der Waals surface area contributed by atoms with E-state index in [-0.39, 0.29) is 30.4 Å². The van der Waals surface area contributed by atoms with Crippen molar-refractivity contribution in [3.8, 4) is 5.75 Å². The molecule has 2 heterocycles. The molecule has 3 aromatic rings. The molecule has 1 aromatic heterocycles. The first kappa shape index (κ1) is 21.8. The van der Waals surface area contributed by atoms with Crippen molar-refractivity contribution in [3.05, 3.63) is 83.8 Å². The number of carbonyl (C=O) groups excluding carboxylic acids is 2. The summed E-state index contributed by atoms with van der Waals surface area (Å²) in [5, 5.41) is 12.2. The molecule has 174 valence electrons. The van der Waals surface area contributed by atoms with Gasteiger partial charge < -0.3 is 19.8 Å². The molecule has 0 unspecified atom stereocenters. The predicted molar refractivity (Wildman–Crippen MR) is 128 cm³/mol. The normalized spacial score (nSPS) is 17.3. The van der Waals surface area contributed by atoms with E-state index in [0.29, 0.717) is 23.4 Å². The van der Waals surface area contributed by atoms with Gasteiger partial charge in [0.25, 0.3) is 11.8 Å². The first-order valence-corrected chi connectivity index (χ1v) is 11.3. The second-order valence-corrected chi connectivity index (χ2v) is 8.40. The van der Waals surface area contributed by atoms with E-state index in [9.17, 15) is 9.59 Å². The number of nitrogens with zero attached hydrogens (tertiary/aromatic N) is 2. The topological polar surface area (TPSA) is 96.2 Å². The highest BCUT2D eigenvalue weighted by molar-refractivity contribution is 6.04. The minimum Gasteiger partial charge on any atom is -0.497 e. The van der Waals surface area contributed by atoms with Gasteiger partial charge in [-0.1, -0.05) is 12.1 Å². The fourth-order valence-electron chi connectivity index (χ4n) is 3.98. The zero-order chi connectivity index (χ0) is 23.5. The lowest BCUT2D eigenvalue weighted by Crippen LogP contribution is -2.33. The number of anilines is 1. The molecule has 0 radical (unpaired) electrons. The predicted octanol–water partition coefficient (Wildman–Crippen LogP) is 3.97. The van der Waals surface area contributed by atoms with Crippen LogP contribution in [0.3, 0.4) is 0 Å². The monoisotopic (exact) mass is 458 g/mol. The Morgan fingerprint density at radius 2 is 1.88 bits per heavy atom. The highest BCUT2D eigenvalue weighted by Crippen LogP contribution is 2.33. The number of ether oxygens (including phenoxy) is 1. The summed E-state index contributed by atoms with van der Waals surface area (Å²) in [5.74, 6) is 1.08. The Morgan fingerprint density at radius 1 is 1.09 bits per heavy atom. The van der Waals surface area contributed by atoms with Gasteiger partial charge in [0.1, 0.15) is 17.6 Å². The van der Waals surface area contributed by atoms with Gasteiger partial charge in [-0.2, -0.15) is 5.10 Å². The van der Waals surface area contributed by atoms with Crippen molar-refractivity contribution in [2.45, 2.75) is 31.3 Å². The molecule has 2 N–H and O–H groups in total. The number of amides is 2. The Morgan fingerprint density at radius 3 is 2.59 bits per heavy atom. The third-order valence-electron chi connectivity index (χ3n) is 5.98. The van der Waals surface area contributed by atoms with E-state index in [0.717, 1.165) is 29.9 Å². The number of carbonyl (C=O) groups is 2. The molecule has 0 bridgehead atoms. The van der Waals surface area contributed by atoms with E-state index in [1.165, 1.54) is 5.01 Å². The number of rotatable bonds is 8.